The molecular weight excluding hydrogens is 503 g/mol. The van der Waals surface area contributed by atoms with Crippen LogP contribution in [0.25, 0.3) is 0 Å². The van der Waals surface area contributed by atoms with E-state index < -0.39 is 0 Å². The summed E-state index contributed by atoms with van der Waals surface area (Å²) in [6.07, 6.45) is 10.3. The van der Waals surface area contributed by atoms with Crippen LogP contribution in [-0.2, 0) is 11.3 Å². The van der Waals surface area contributed by atoms with Crippen LogP contribution in [0.1, 0.15) is 70.3 Å². The Kier molecular flexibility index (Phi) is 9.29. The molecule has 3 saturated carbocycles. The summed E-state index contributed by atoms with van der Waals surface area (Å²) in [5, 5.41) is 10.1. The molecule has 0 saturated heterocycles. The maximum absolute atomic E-state index is 12.5. The molecule has 1 aromatic carbocycles. The first-order valence-corrected chi connectivity index (χ1v) is 11.8. The van der Waals surface area contributed by atoms with Gasteiger partial charge in [-0.25, -0.2) is 4.99 Å². The number of halogens is 1. The molecule has 0 bridgehead atoms. The van der Waals surface area contributed by atoms with E-state index in [4.69, 9.17) is 9.73 Å². The van der Waals surface area contributed by atoms with Crippen LogP contribution in [0.15, 0.2) is 29.3 Å². The Morgan fingerprint density at radius 1 is 1.03 bits per heavy atom. The summed E-state index contributed by atoms with van der Waals surface area (Å²) < 4.78 is 6.15. The van der Waals surface area contributed by atoms with Crippen LogP contribution < -0.4 is 20.7 Å². The fourth-order valence-electron chi connectivity index (χ4n) is 4.20. The zero-order chi connectivity index (χ0) is 20.8. The standard InChI is InChI=1S/C24H36N4O2.HI/c1-2-25-24(26-16-18-7-3-4-12-22(18)30-21-10-6-11-21)28-20-9-5-8-17(15-20)23(29)27-19-13-14-19;/h3-4,7,12,17,19-21H,2,5-6,8-11,13-16H2,1H3,(H,27,29)(H2,25,26,28);1H. The number of ether oxygens (including phenoxy) is 1. The third-order valence-corrected chi connectivity index (χ3v) is 6.38. The lowest BCUT2D eigenvalue weighted by molar-refractivity contribution is -0.126. The maximum atomic E-state index is 12.5. The fraction of sp³-hybridized carbons (Fsp3) is 0.667. The Bertz CT molecular complexity index is 749. The van der Waals surface area contributed by atoms with Crippen molar-refractivity contribution in [3.8, 4) is 5.75 Å². The Labute approximate surface area is 203 Å². The number of nitrogens with one attached hydrogen (secondary N) is 3. The minimum absolute atomic E-state index is 0. The van der Waals surface area contributed by atoms with Gasteiger partial charge in [0.1, 0.15) is 5.75 Å². The van der Waals surface area contributed by atoms with E-state index in [1.807, 2.05) is 18.2 Å². The van der Waals surface area contributed by atoms with Crippen LogP contribution in [0.3, 0.4) is 0 Å². The topological polar surface area (TPSA) is 74.8 Å². The molecule has 1 amide bonds. The molecule has 0 aromatic heterocycles. The molecule has 0 spiro atoms. The quantitative estimate of drug-likeness (QED) is 0.264. The number of guanidine groups is 1. The first kappa shape index (κ1) is 24.1. The van der Waals surface area contributed by atoms with E-state index in [1.54, 1.807) is 0 Å². The van der Waals surface area contributed by atoms with Crippen LogP contribution in [-0.4, -0.2) is 36.6 Å². The second-order valence-electron chi connectivity index (χ2n) is 8.96. The van der Waals surface area contributed by atoms with E-state index in [0.717, 1.165) is 75.2 Å². The van der Waals surface area contributed by atoms with Gasteiger partial charge in [-0.2, -0.15) is 0 Å². The number of aliphatic imine (C=N–C) groups is 1. The van der Waals surface area contributed by atoms with Crippen LogP contribution in [0.4, 0.5) is 0 Å². The van der Waals surface area contributed by atoms with Gasteiger partial charge in [0, 0.05) is 30.1 Å². The van der Waals surface area contributed by atoms with E-state index in [0.29, 0.717) is 18.7 Å². The second kappa shape index (κ2) is 11.9. The van der Waals surface area contributed by atoms with Gasteiger partial charge in [0.2, 0.25) is 5.91 Å². The first-order chi connectivity index (χ1) is 14.7. The van der Waals surface area contributed by atoms with Crippen LogP contribution in [0.2, 0.25) is 0 Å². The summed E-state index contributed by atoms with van der Waals surface area (Å²) in [4.78, 5) is 17.3. The highest BCUT2D eigenvalue weighted by atomic mass is 127. The number of para-hydroxylation sites is 1. The van der Waals surface area contributed by atoms with E-state index >= 15 is 0 Å². The molecule has 6 nitrogen and oxygen atoms in total. The smallest absolute Gasteiger partial charge is 0.223 e. The summed E-state index contributed by atoms with van der Waals surface area (Å²) >= 11 is 0. The predicted molar refractivity (Wildman–Crippen MR) is 135 cm³/mol. The molecule has 31 heavy (non-hydrogen) atoms. The molecule has 3 aliphatic carbocycles. The number of hydrogen-bond donors (Lipinski definition) is 3. The molecule has 2 atom stereocenters. The maximum Gasteiger partial charge on any atom is 0.223 e. The lowest BCUT2D eigenvalue weighted by atomic mass is 9.85. The molecule has 1 aromatic rings. The number of carbonyl (C=O) groups is 1. The highest BCUT2D eigenvalue weighted by Crippen LogP contribution is 2.28. The van der Waals surface area contributed by atoms with Crippen molar-refractivity contribution >= 4 is 35.8 Å². The fourth-order valence-corrected chi connectivity index (χ4v) is 4.20. The van der Waals surface area contributed by atoms with Crippen molar-refractivity contribution in [3.63, 3.8) is 0 Å². The van der Waals surface area contributed by atoms with Crippen LogP contribution in [0.5, 0.6) is 5.75 Å². The van der Waals surface area contributed by atoms with E-state index in [2.05, 4.69) is 28.9 Å². The summed E-state index contributed by atoms with van der Waals surface area (Å²) in [6.45, 7) is 3.47. The zero-order valence-corrected chi connectivity index (χ0v) is 20.9. The van der Waals surface area contributed by atoms with Crippen molar-refractivity contribution in [2.24, 2.45) is 10.9 Å². The molecule has 0 heterocycles. The minimum atomic E-state index is 0. The highest BCUT2D eigenvalue weighted by Gasteiger charge is 2.31. The third kappa shape index (κ3) is 7.26. The van der Waals surface area contributed by atoms with Crippen molar-refractivity contribution in [3.05, 3.63) is 29.8 Å². The second-order valence-corrected chi connectivity index (χ2v) is 8.96. The number of carbonyl (C=O) groups excluding carboxylic acids is 1. The molecule has 0 aliphatic heterocycles. The van der Waals surface area contributed by atoms with Gasteiger partial charge in [0.15, 0.2) is 5.96 Å². The van der Waals surface area contributed by atoms with Gasteiger partial charge in [0.05, 0.1) is 12.6 Å². The summed E-state index contributed by atoms with van der Waals surface area (Å²) in [5.41, 5.74) is 1.12. The Morgan fingerprint density at radius 2 is 1.81 bits per heavy atom. The Morgan fingerprint density at radius 3 is 2.52 bits per heavy atom. The molecule has 2 unspecified atom stereocenters. The zero-order valence-electron chi connectivity index (χ0n) is 18.6. The molecule has 3 N–H and O–H groups in total. The van der Waals surface area contributed by atoms with Gasteiger partial charge in [-0.1, -0.05) is 24.6 Å². The predicted octanol–water partition coefficient (Wildman–Crippen LogP) is 4.13. The van der Waals surface area contributed by atoms with Gasteiger partial charge in [0.25, 0.3) is 0 Å². The van der Waals surface area contributed by atoms with Gasteiger partial charge >= 0.3 is 0 Å². The van der Waals surface area contributed by atoms with E-state index in [-0.39, 0.29) is 41.8 Å². The van der Waals surface area contributed by atoms with Gasteiger partial charge in [-0.05, 0) is 64.4 Å². The Balaban J connectivity index is 0.00000272. The van der Waals surface area contributed by atoms with Crippen LogP contribution >= 0.6 is 24.0 Å². The van der Waals surface area contributed by atoms with Gasteiger partial charge in [-0.15, -0.1) is 24.0 Å². The minimum Gasteiger partial charge on any atom is -0.490 e. The molecule has 7 heteroatoms. The molecule has 3 fully saturated rings. The van der Waals surface area contributed by atoms with Crippen molar-refractivity contribution in [1.82, 2.24) is 16.0 Å². The third-order valence-electron chi connectivity index (χ3n) is 6.38. The SMILES string of the molecule is CCNC(=NCc1ccccc1OC1CCC1)NC1CCCC(C(=O)NC2CC2)C1.I. The Hall–Kier alpha value is -1.51. The van der Waals surface area contributed by atoms with E-state index in [9.17, 15) is 4.79 Å². The molecule has 0 radical (unpaired) electrons. The van der Waals surface area contributed by atoms with Crippen LogP contribution in [0, 0.1) is 5.92 Å². The number of rotatable bonds is 8. The molecular formula is C24H37IN4O2. The van der Waals surface area contributed by atoms with Gasteiger partial charge < -0.3 is 20.7 Å². The first-order valence-electron chi connectivity index (χ1n) is 11.8. The molecule has 172 valence electrons. The normalized spacial score (nSPS) is 23.8. The van der Waals surface area contributed by atoms with Crippen molar-refractivity contribution in [2.75, 3.05) is 6.54 Å². The van der Waals surface area contributed by atoms with Crippen molar-refractivity contribution in [1.29, 1.82) is 0 Å². The average molecular weight is 540 g/mol. The number of benzene rings is 1. The monoisotopic (exact) mass is 540 g/mol. The van der Waals surface area contributed by atoms with Gasteiger partial charge in [-0.3, -0.25) is 4.79 Å². The average Bonchev–Trinajstić information content (AvgIpc) is 3.54. The largest absolute Gasteiger partial charge is 0.490 e. The number of nitrogens with zero attached hydrogens (tertiary/aromatic N) is 1. The lowest BCUT2D eigenvalue weighted by Gasteiger charge is -2.30. The van der Waals surface area contributed by atoms with Crippen molar-refractivity contribution in [2.45, 2.75) is 89.4 Å². The summed E-state index contributed by atoms with van der Waals surface area (Å²) in [7, 11) is 0. The summed E-state index contributed by atoms with van der Waals surface area (Å²) in [5.74, 6) is 2.14. The number of hydrogen-bond acceptors (Lipinski definition) is 3. The molecule has 4 rings (SSSR count). The van der Waals surface area contributed by atoms with E-state index in [1.165, 1.54) is 6.42 Å². The van der Waals surface area contributed by atoms with Crippen molar-refractivity contribution < 1.29 is 9.53 Å². The molecule has 3 aliphatic rings. The summed E-state index contributed by atoms with van der Waals surface area (Å²) in [6, 6.07) is 8.94. The highest BCUT2D eigenvalue weighted by molar-refractivity contribution is 14.0. The number of amides is 1. The lowest BCUT2D eigenvalue weighted by Crippen LogP contribution is -2.47.